The summed E-state index contributed by atoms with van der Waals surface area (Å²) in [6.45, 7) is 2.88. The number of nitrogens with two attached hydrogens (primary N) is 2. The predicted octanol–water partition coefficient (Wildman–Crippen LogP) is -0.242. The van der Waals surface area contributed by atoms with Crippen molar-refractivity contribution in [2.24, 2.45) is 11.5 Å². The van der Waals surface area contributed by atoms with Gasteiger partial charge in [0.15, 0.2) is 0 Å². The molecule has 66 valence electrons. The largest absolute Gasteiger partial charge is 0.329 e. The Labute approximate surface area is 68.7 Å². The molecule has 0 aliphatic carbocycles. The Morgan fingerprint density at radius 1 is 1.36 bits per heavy atom. The van der Waals surface area contributed by atoms with Crippen LogP contribution in [0.1, 0.15) is 19.3 Å². The van der Waals surface area contributed by atoms with Crippen molar-refractivity contribution in [2.45, 2.75) is 24.8 Å². The number of hydrogen-bond donors (Lipinski definition) is 2. The Bertz CT molecular complexity index is 127. The van der Waals surface area contributed by atoms with Crippen LogP contribution < -0.4 is 11.5 Å². The van der Waals surface area contributed by atoms with Gasteiger partial charge >= 0.3 is 0 Å². The minimum atomic E-state index is -0.0786. The average molecular weight is 157 g/mol. The normalized spacial score (nSPS) is 35.2. The van der Waals surface area contributed by atoms with E-state index in [1.807, 2.05) is 0 Å². The zero-order chi connectivity index (χ0) is 8.32. The Kier molecular flexibility index (Phi) is 2.87. The lowest BCUT2D eigenvalue weighted by atomic mass is 9.92. The first kappa shape index (κ1) is 8.97. The monoisotopic (exact) mass is 157 g/mol. The second-order valence-electron chi connectivity index (χ2n) is 3.72. The van der Waals surface area contributed by atoms with E-state index in [2.05, 4.69) is 11.9 Å². The summed E-state index contributed by atoms with van der Waals surface area (Å²) >= 11 is 0. The Balaban J connectivity index is 2.45. The van der Waals surface area contributed by atoms with E-state index in [1.54, 1.807) is 0 Å². The van der Waals surface area contributed by atoms with Gasteiger partial charge in [0.05, 0.1) is 0 Å². The van der Waals surface area contributed by atoms with Crippen LogP contribution in [0.15, 0.2) is 0 Å². The molecule has 0 amide bonds. The lowest BCUT2D eigenvalue weighted by molar-refractivity contribution is 0.330. The molecule has 11 heavy (non-hydrogen) atoms. The number of likely N-dealkylation sites (tertiary alicyclic amines) is 1. The molecule has 1 atom stereocenters. The molecule has 3 nitrogen and oxygen atoms in total. The quantitative estimate of drug-likeness (QED) is 0.552. The van der Waals surface area contributed by atoms with E-state index in [0.29, 0.717) is 6.54 Å². The first-order valence-corrected chi connectivity index (χ1v) is 4.34. The Morgan fingerprint density at radius 2 is 2.09 bits per heavy atom. The van der Waals surface area contributed by atoms with Gasteiger partial charge in [-0.2, -0.15) is 0 Å². The molecule has 1 aliphatic rings. The second-order valence-corrected chi connectivity index (χ2v) is 3.72. The molecule has 0 aromatic heterocycles. The summed E-state index contributed by atoms with van der Waals surface area (Å²) in [5.41, 5.74) is 11.6. The maximum atomic E-state index is 6.07. The third-order valence-electron chi connectivity index (χ3n) is 2.61. The first-order valence-electron chi connectivity index (χ1n) is 4.34. The van der Waals surface area contributed by atoms with Crippen LogP contribution in [0.5, 0.6) is 0 Å². The molecule has 1 unspecified atom stereocenters. The van der Waals surface area contributed by atoms with Crippen LogP contribution in [0, 0.1) is 0 Å². The van der Waals surface area contributed by atoms with E-state index >= 15 is 0 Å². The SMILES string of the molecule is CN1CCCC(N)(CN)CC1. The molecule has 1 rings (SSSR count). The van der Waals surface area contributed by atoms with Crippen LogP contribution in [0.4, 0.5) is 0 Å². The number of rotatable bonds is 1. The highest BCUT2D eigenvalue weighted by Gasteiger charge is 2.25. The van der Waals surface area contributed by atoms with Gasteiger partial charge in [-0.25, -0.2) is 0 Å². The summed E-state index contributed by atoms with van der Waals surface area (Å²) in [5.74, 6) is 0. The summed E-state index contributed by atoms with van der Waals surface area (Å²) in [7, 11) is 2.14. The third kappa shape index (κ3) is 2.43. The first-order chi connectivity index (χ1) is 5.16. The van der Waals surface area contributed by atoms with Crippen molar-refractivity contribution in [3.8, 4) is 0 Å². The van der Waals surface area contributed by atoms with Gasteiger partial charge in [-0.3, -0.25) is 0 Å². The molecule has 3 heteroatoms. The van der Waals surface area contributed by atoms with Crippen LogP contribution in [0.2, 0.25) is 0 Å². The molecule has 1 aliphatic heterocycles. The molecular weight excluding hydrogens is 138 g/mol. The van der Waals surface area contributed by atoms with Crippen molar-refractivity contribution in [3.63, 3.8) is 0 Å². The highest BCUT2D eigenvalue weighted by Crippen LogP contribution is 2.17. The van der Waals surface area contributed by atoms with E-state index in [-0.39, 0.29) is 5.54 Å². The van der Waals surface area contributed by atoms with Gasteiger partial charge in [0, 0.05) is 12.1 Å². The minimum absolute atomic E-state index is 0.0786. The topological polar surface area (TPSA) is 55.3 Å². The van der Waals surface area contributed by atoms with Crippen molar-refractivity contribution < 1.29 is 0 Å². The fraction of sp³-hybridized carbons (Fsp3) is 1.00. The van der Waals surface area contributed by atoms with Crippen LogP contribution in [0.3, 0.4) is 0 Å². The minimum Gasteiger partial charge on any atom is -0.329 e. The van der Waals surface area contributed by atoms with Crippen molar-refractivity contribution in [3.05, 3.63) is 0 Å². The van der Waals surface area contributed by atoms with Gasteiger partial charge in [-0.15, -0.1) is 0 Å². The standard InChI is InChI=1S/C8H19N3/c1-11-5-2-3-8(10,7-9)4-6-11/h2-7,9-10H2,1H3. The summed E-state index contributed by atoms with van der Waals surface area (Å²) in [5, 5.41) is 0. The van der Waals surface area contributed by atoms with Gasteiger partial charge < -0.3 is 16.4 Å². The molecule has 1 heterocycles. The van der Waals surface area contributed by atoms with Crippen LogP contribution in [-0.4, -0.2) is 37.1 Å². The second kappa shape index (κ2) is 3.52. The fourth-order valence-electron chi connectivity index (χ4n) is 1.56. The van der Waals surface area contributed by atoms with Gasteiger partial charge in [-0.05, 0) is 39.4 Å². The van der Waals surface area contributed by atoms with Crippen LogP contribution in [-0.2, 0) is 0 Å². The fourth-order valence-corrected chi connectivity index (χ4v) is 1.56. The van der Waals surface area contributed by atoms with Gasteiger partial charge in [-0.1, -0.05) is 0 Å². The molecule has 0 radical (unpaired) electrons. The maximum Gasteiger partial charge on any atom is 0.0291 e. The Morgan fingerprint density at radius 3 is 2.73 bits per heavy atom. The van der Waals surface area contributed by atoms with E-state index in [9.17, 15) is 0 Å². The van der Waals surface area contributed by atoms with Crippen molar-refractivity contribution in [2.75, 3.05) is 26.7 Å². The average Bonchev–Trinajstić information content (AvgIpc) is 2.15. The van der Waals surface area contributed by atoms with E-state index in [1.165, 1.54) is 13.0 Å². The molecule has 1 saturated heterocycles. The summed E-state index contributed by atoms with van der Waals surface area (Å²) < 4.78 is 0. The molecule has 0 spiro atoms. The van der Waals surface area contributed by atoms with E-state index in [4.69, 9.17) is 11.5 Å². The van der Waals surface area contributed by atoms with Crippen LogP contribution in [0.25, 0.3) is 0 Å². The molecule has 0 bridgehead atoms. The van der Waals surface area contributed by atoms with Gasteiger partial charge in [0.2, 0.25) is 0 Å². The zero-order valence-electron chi connectivity index (χ0n) is 7.34. The summed E-state index contributed by atoms with van der Waals surface area (Å²) in [4.78, 5) is 2.32. The van der Waals surface area contributed by atoms with Crippen molar-refractivity contribution in [1.29, 1.82) is 0 Å². The lowest BCUT2D eigenvalue weighted by Gasteiger charge is -2.25. The highest BCUT2D eigenvalue weighted by atomic mass is 15.1. The van der Waals surface area contributed by atoms with E-state index < -0.39 is 0 Å². The molecule has 1 fully saturated rings. The Hall–Kier alpha value is -0.120. The highest BCUT2D eigenvalue weighted by molar-refractivity contribution is 4.88. The van der Waals surface area contributed by atoms with Gasteiger partial charge in [0.1, 0.15) is 0 Å². The number of hydrogen-bond acceptors (Lipinski definition) is 3. The zero-order valence-corrected chi connectivity index (χ0v) is 7.34. The predicted molar refractivity (Wildman–Crippen MR) is 47.3 cm³/mol. The maximum absolute atomic E-state index is 6.07. The lowest BCUT2D eigenvalue weighted by Crippen LogP contribution is -2.47. The van der Waals surface area contributed by atoms with E-state index in [0.717, 1.165) is 19.4 Å². The third-order valence-corrected chi connectivity index (χ3v) is 2.61. The molecular formula is C8H19N3. The molecule has 0 saturated carbocycles. The van der Waals surface area contributed by atoms with Crippen LogP contribution >= 0.6 is 0 Å². The molecule has 4 N–H and O–H groups in total. The summed E-state index contributed by atoms with van der Waals surface area (Å²) in [6, 6.07) is 0. The van der Waals surface area contributed by atoms with Crippen molar-refractivity contribution in [1.82, 2.24) is 4.90 Å². The molecule has 0 aromatic carbocycles. The van der Waals surface area contributed by atoms with Crippen molar-refractivity contribution >= 4 is 0 Å². The number of nitrogens with zero attached hydrogens (tertiary/aromatic N) is 1. The molecule has 0 aromatic rings. The summed E-state index contributed by atoms with van der Waals surface area (Å²) in [6.07, 6.45) is 3.30. The van der Waals surface area contributed by atoms with Gasteiger partial charge in [0.25, 0.3) is 0 Å². The smallest absolute Gasteiger partial charge is 0.0291 e.